The van der Waals surface area contributed by atoms with Crippen molar-refractivity contribution >= 4 is 11.8 Å². The van der Waals surface area contributed by atoms with E-state index in [2.05, 4.69) is 11.1 Å². The van der Waals surface area contributed by atoms with E-state index < -0.39 is 0 Å². The van der Waals surface area contributed by atoms with Crippen LogP contribution >= 0.6 is 11.8 Å². The SMILES string of the molecule is c1cncc(C2CCSC2)c1. The maximum absolute atomic E-state index is 4.12. The monoisotopic (exact) mass is 165 g/mol. The molecule has 0 N–H and O–H groups in total. The zero-order chi connectivity index (χ0) is 7.52. The van der Waals surface area contributed by atoms with E-state index in [9.17, 15) is 0 Å². The zero-order valence-electron chi connectivity index (χ0n) is 6.36. The molecule has 0 saturated carbocycles. The molecule has 1 fully saturated rings. The Labute approximate surface area is 71.2 Å². The van der Waals surface area contributed by atoms with E-state index in [0.717, 1.165) is 5.92 Å². The first-order chi connectivity index (χ1) is 5.47. The second-order valence-corrected chi connectivity index (χ2v) is 4.00. The summed E-state index contributed by atoms with van der Waals surface area (Å²) in [4.78, 5) is 4.12. The van der Waals surface area contributed by atoms with Crippen LogP contribution in [0.2, 0.25) is 0 Å². The molecule has 58 valence electrons. The normalized spacial score (nSPS) is 23.8. The third-order valence-corrected chi connectivity index (χ3v) is 3.25. The molecule has 0 bridgehead atoms. The Kier molecular flexibility index (Phi) is 2.13. The molecular weight excluding hydrogens is 154 g/mol. The summed E-state index contributed by atoms with van der Waals surface area (Å²) in [7, 11) is 0. The largest absolute Gasteiger partial charge is 0.264 e. The molecule has 2 rings (SSSR count). The Morgan fingerprint density at radius 3 is 3.18 bits per heavy atom. The summed E-state index contributed by atoms with van der Waals surface area (Å²) < 4.78 is 0. The van der Waals surface area contributed by atoms with E-state index in [4.69, 9.17) is 0 Å². The highest BCUT2D eigenvalue weighted by atomic mass is 32.2. The maximum atomic E-state index is 4.12. The topological polar surface area (TPSA) is 12.9 Å². The van der Waals surface area contributed by atoms with Crippen molar-refractivity contribution in [3.05, 3.63) is 30.1 Å². The van der Waals surface area contributed by atoms with E-state index >= 15 is 0 Å². The van der Waals surface area contributed by atoms with Crippen LogP contribution < -0.4 is 0 Å². The molecule has 0 aliphatic carbocycles. The molecule has 1 aromatic rings. The second-order valence-electron chi connectivity index (χ2n) is 2.85. The van der Waals surface area contributed by atoms with Crippen LogP contribution in [0, 0.1) is 0 Å². The molecule has 0 amide bonds. The number of nitrogens with zero attached hydrogens (tertiary/aromatic N) is 1. The highest BCUT2D eigenvalue weighted by Gasteiger charge is 2.16. The van der Waals surface area contributed by atoms with E-state index in [0.29, 0.717) is 0 Å². The van der Waals surface area contributed by atoms with Gasteiger partial charge in [-0.05, 0) is 29.7 Å². The van der Waals surface area contributed by atoms with Crippen LogP contribution in [0.1, 0.15) is 17.9 Å². The van der Waals surface area contributed by atoms with Crippen molar-refractivity contribution in [2.75, 3.05) is 11.5 Å². The molecule has 1 aliphatic heterocycles. The lowest BCUT2D eigenvalue weighted by atomic mass is 10.0. The summed E-state index contributed by atoms with van der Waals surface area (Å²) in [5.41, 5.74) is 1.41. The number of aromatic nitrogens is 1. The summed E-state index contributed by atoms with van der Waals surface area (Å²) >= 11 is 2.05. The number of pyridine rings is 1. The molecule has 0 aromatic carbocycles. The van der Waals surface area contributed by atoms with Crippen molar-refractivity contribution in [2.45, 2.75) is 12.3 Å². The Bertz CT molecular complexity index is 216. The molecule has 1 saturated heterocycles. The Balaban J connectivity index is 2.16. The molecular formula is C9H11NS. The van der Waals surface area contributed by atoms with Crippen LogP contribution in [0.25, 0.3) is 0 Å². The average molecular weight is 165 g/mol. The summed E-state index contributed by atoms with van der Waals surface area (Å²) in [6.45, 7) is 0. The van der Waals surface area contributed by atoms with Crippen molar-refractivity contribution in [2.24, 2.45) is 0 Å². The molecule has 2 heteroatoms. The Morgan fingerprint density at radius 1 is 1.55 bits per heavy atom. The van der Waals surface area contributed by atoms with Gasteiger partial charge in [0.1, 0.15) is 0 Å². The first kappa shape index (κ1) is 7.17. The minimum absolute atomic E-state index is 0.772. The average Bonchev–Trinajstić information content (AvgIpc) is 2.58. The van der Waals surface area contributed by atoms with Gasteiger partial charge in [0.05, 0.1) is 0 Å². The summed E-state index contributed by atoms with van der Waals surface area (Å²) in [6, 6.07) is 4.21. The zero-order valence-corrected chi connectivity index (χ0v) is 7.18. The first-order valence-electron chi connectivity index (χ1n) is 3.94. The summed E-state index contributed by atoms with van der Waals surface area (Å²) in [6.07, 6.45) is 5.17. The van der Waals surface area contributed by atoms with Gasteiger partial charge in [-0.15, -0.1) is 0 Å². The van der Waals surface area contributed by atoms with Crippen LogP contribution in [0.5, 0.6) is 0 Å². The summed E-state index contributed by atoms with van der Waals surface area (Å²) in [5.74, 6) is 3.37. The quantitative estimate of drug-likeness (QED) is 0.633. The molecule has 1 unspecified atom stereocenters. The summed E-state index contributed by atoms with van der Waals surface area (Å²) in [5, 5.41) is 0. The van der Waals surface area contributed by atoms with Gasteiger partial charge in [0.25, 0.3) is 0 Å². The Morgan fingerprint density at radius 2 is 2.55 bits per heavy atom. The van der Waals surface area contributed by atoms with Crippen molar-refractivity contribution < 1.29 is 0 Å². The number of rotatable bonds is 1. The first-order valence-corrected chi connectivity index (χ1v) is 5.10. The van der Waals surface area contributed by atoms with Gasteiger partial charge >= 0.3 is 0 Å². The molecule has 1 aliphatic rings. The van der Waals surface area contributed by atoms with Gasteiger partial charge in [-0.2, -0.15) is 11.8 Å². The van der Waals surface area contributed by atoms with Gasteiger partial charge in [-0.25, -0.2) is 0 Å². The highest BCUT2D eigenvalue weighted by Crippen LogP contribution is 2.31. The van der Waals surface area contributed by atoms with Crippen LogP contribution in [0.3, 0.4) is 0 Å². The third-order valence-electron chi connectivity index (χ3n) is 2.09. The fourth-order valence-corrected chi connectivity index (χ4v) is 2.68. The second kappa shape index (κ2) is 3.26. The lowest BCUT2D eigenvalue weighted by molar-refractivity contribution is 0.777. The van der Waals surface area contributed by atoms with E-state index in [1.807, 2.05) is 30.2 Å². The number of thioether (sulfide) groups is 1. The van der Waals surface area contributed by atoms with Gasteiger partial charge < -0.3 is 0 Å². The molecule has 0 spiro atoms. The van der Waals surface area contributed by atoms with Crippen molar-refractivity contribution in [3.63, 3.8) is 0 Å². The van der Waals surface area contributed by atoms with Crippen LogP contribution in [-0.2, 0) is 0 Å². The van der Waals surface area contributed by atoms with E-state index in [1.165, 1.54) is 23.5 Å². The number of hydrogen-bond acceptors (Lipinski definition) is 2. The molecule has 1 atom stereocenters. The fraction of sp³-hybridized carbons (Fsp3) is 0.444. The van der Waals surface area contributed by atoms with Crippen LogP contribution in [0.4, 0.5) is 0 Å². The van der Waals surface area contributed by atoms with Crippen LogP contribution in [-0.4, -0.2) is 16.5 Å². The van der Waals surface area contributed by atoms with Crippen molar-refractivity contribution in [3.8, 4) is 0 Å². The van der Waals surface area contributed by atoms with Gasteiger partial charge in [-0.1, -0.05) is 6.07 Å². The minimum Gasteiger partial charge on any atom is -0.264 e. The predicted octanol–water partition coefficient (Wildman–Crippen LogP) is 2.30. The highest BCUT2D eigenvalue weighted by molar-refractivity contribution is 7.99. The maximum Gasteiger partial charge on any atom is 0.0302 e. The third kappa shape index (κ3) is 1.56. The van der Waals surface area contributed by atoms with Gasteiger partial charge in [0.15, 0.2) is 0 Å². The number of hydrogen-bond donors (Lipinski definition) is 0. The van der Waals surface area contributed by atoms with Crippen molar-refractivity contribution in [1.82, 2.24) is 4.98 Å². The Hall–Kier alpha value is -0.500. The van der Waals surface area contributed by atoms with Gasteiger partial charge in [0, 0.05) is 18.1 Å². The van der Waals surface area contributed by atoms with E-state index in [1.54, 1.807) is 0 Å². The van der Waals surface area contributed by atoms with E-state index in [-0.39, 0.29) is 0 Å². The van der Waals surface area contributed by atoms with Crippen LogP contribution in [0.15, 0.2) is 24.5 Å². The molecule has 11 heavy (non-hydrogen) atoms. The standard InChI is InChI=1S/C9H11NS/c1-2-8(6-10-4-1)9-3-5-11-7-9/h1-2,4,6,9H,3,5,7H2. The molecule has 2 heterocycles. The predicted molar refractivity (Wildman–Crippen MR) is 48.9 cm³/mol. The minimum atomic E-state index is 0.772. The van der Waals surface area contributed by atoms with Crippen molar-refractivity contribution in [1.29, 1.82) is 0 Å². The lowest BCUT2D eigenvalue weighted by Crippen LogP contribution is -1.95. The van der Waals surface area contributed by atoms with Gasteiger partial charge in [-0.3, -0.25) is 4.98 Å². The smallest absolute Gasteiger partial charge is 0.0302 e. The van der Waals surface area contributed by atoms with Gasteiger partial charge in [0.2, 0.25) is 0 Å². The lowest BCUT2D eigenvalue weighted by Gasteiger charge is -2.05. The molecule has 1 aromatic heterocycles. The molecule has 1 nitrogen and oxygen atoms in total. The fourth-order valence-electron chi connectivity index (χ4n) is 1.41. The molecule has 0 radical (unpaired) electrons.